The summed E-state index contributed by atoms with van der Waals surface area (Å²) in [5.41, 5.74) is 2.51. The summed E-state index contributed by atoms with van der Waals surface area (Å²) in [6.45, 7) is 5.51. The van der Waals surface area contributed by atoms with Crippen molar-refractivity contribution < 1.29 is 24.3 Å². The number of fused-ring (bicyclic) bond motifs is 1. The average molecular weight is 561 g/mol. The van der Waals surface area contributed by atoms with Gasteiger partial charge in [-0.05, 0) is 69.6 Å². The number of rotatable bonds is 7. The molecule has 0 saturated carbocycles. The maximum absolute atomic E-state index is 13.8. The average Bonchev–Trinajstić information content (AvgIpc) is 3.20. The van der Waals surface area contributed by atoms with Crippen molar-refractivity contribution in [3.63, 3.8) is 0 Å². The van der Waals surface area contributed by atoms with Crippen molar-refractivity contribution in [2.24, 2.45) is 5.92 Å². The molecule has 9 nitrogen and oxygen atoms in total. The number of amides is 4. The quantitative estimate of drug-likeness (QED) is 0.535. The summed E-state index contributed by atoms with van der Waals surface area (Å²) in [6.07, 6.45) is 2.61. The second kappa shape index (κ2) is 11.9. The lowest BCUT2D eigenvalue weighted by molar-refractivity contribution is -0.139. The molecule has 0 aromatic heterocycles. The Bertz CT molecular complexity index is 1290. The van der Waals surface area contributed by atoms with E-state index >= 15 is 0 Å². The van der Waals surface area contributed by atoms with Crippen LogP contribution < -0.4 is 10.2 Å². The number of anilines is 1. The van der Waals surface area contributed by atoms with E-state index in [2.05, 4.69) is 5.32 Å². The van der Waals surface area contributed by atoms with E-state index in [-0.39, 0.29) is 30.3 Å². The summed E-state index contributed by atoms with van der Waals surface area (Å²) in [7, 11) is 0. The fourth-order valence-corrected chi connectivity index (χ4v) is 6.53. The fourth-order valence-electron chi connectivity index (χ4n) is 6.53. The number of benzene rings is 2. The third kappa shape index (κ3) is 5.94. The van der Waals surface area contributed by atoms with Gasteiger partial charge >= 0.3 is 6.09 Å². The highest BCUT2D eigenvalue weighted by atomic mass is 16.4. The van der Waals surface area contributed by atoms with Gasteiger partial charge < -0.3 is 25.1 Å². The minimum atomic E-state index is -1.02. The minimum Gasteiger partial charge on any atom is -0.465 e. The molecule has 0 spiro atoms. The molecule has 2 atom stereocenters. The van der Waals surface area contributed by atoms with Gasteiger partial charge in [-0.1, -0.05) is 48.5 Å². The normalized spacial score (nSPS) is 21.4. The number of carboxylic acid groups (broad SMARTS) is 1. The molecule has 2 saturated heterocycles. The molecule has 2 fully saturated rings. The Labute approximate surface area is 241 Å². The minimum absolute atomic E-state index is 0.0103. The van der Waals surface area contributed by atoms with Crippen molar-refractivity contribution in [2.45, 2.75) is 69.9 Å². The SMILES string of the molecule is CC1(C)C(=O)N(C2CCN(C(=O)[C@H](CCc3ccccc3)NC(=O)C3CCCN(C(=O)O)C3)CC2)c2ccccc21. The predicted molar refractivity (Wildman–Crippen MR) is 156 cm³/mol. The molecule has 0 aliphatic carbocycles. The lowest BCUT2D eigenvalue weighted by atomic mass is 9.86. The second-order valence-corrected chi connectivity index (χ2v) is 12.0. The summed E-state index contributed by atoms with van der Waals surface area (Å²) in [4.78, 5) is 57.0. The van der Waals surface area contributed by atoms with E-state index in [1.165, 1.54) is 4.90 Å². The number of piperidine rings is 2. The molecule has 2 aromatic carbocycles. The van der Waals surface area contributed by atoms with Crippen LogP contribution in [0.15, 0.2) is 54.6 Å². The van der Waals surface area contributed by atoms with Crippen molar-refractivity contribution in [3.05, 3.63) is 65.7 Å². The van der Waals surface area contributed by atoms with Gasteiger partial charge in [0.2, 0.25) is 17.7 Å². The number of hydrogen-bond acceptors (Lipinski definition) is 4. The number of para-hydroxylation sites is 1. The van der Waals surface area contributed by atoms with Gasteiger partial charge in [-0.2, -0.15) is 0 Å². The molecule has 2 N–H and O–H groups in total. The van der Waals surface area contributed by atoms with Crippen LogP contribution in [0.25, 0.3) is 0 Å². The molecular formula is C32H40N4O5. The van der Waals surface area contributed by atoms with E-state index in [4.69, 9.17) is 0 Å². The zero-order valence-electron chi connectivity index (χ0n) is 23.9. The van der Waals surface area contributed by atoms with E-state index in [9.17, 15) is 24.3 Å². The van der Waals surface area contributed by atoms with Crippen LogP contribution in [-0.2, 0) is 26.2 Å². The first-order valence-electron chi connectivity index (χ1n) is 14.7. The summed E-state index contributed by atoms with van der Waals surface area (Å²) in [5.74, 6) is -0.757. The first kappa shape index (κ1) is 28.6. The molecule has 2 aromatic rings. The molecule has 218 valence electrons. The number of nitrogens with one attached hydrogen (secondary N) is 1. The fraction of sp³-hybridized carbons (Fsp3) is 0.500. The van der Waals surface area contributed by atoms with Crippen molar-refractivity contribution in [1.29, 1.82) is 0 Å². The van der Waals surface area contributed by atoms with Crippen molar-refractivity contribution in [3.8, 4) is 0 Å². The number of carbonyl (C=O) groups is 4. The Hall–Kier alpha value is -3.88. The van der Waals surface area contributed by atoms with Gasteiger partial charge in [0.1, 0.15) is 6.04 Å². The molecule has 0 bridgehead atoms. The maximum Gasteiger partial charge on any atom is 0.407 e. The highest BCUT2D eigenvalue weighted by molar-refractivity contribution is 6.08. The van der Waals surface area contributed by atoms with Crippen LogP contribution in [0.4, 0.5) is 10.5 Å². The molecular weight excluding hydrogens is 520 g/mol. The molecule has 5 rings (SSSR count). The van der Waals surface area contributed by atoms with Gasteiger partial charge in [0.25, 0.3) is 0 Å². The van der Waals surface area contributed by atoms with Gasteiger partial charge in [-0.15, -0.1) is 0 Å². The molecule has 3 heterocycles. The Morgan fingerprint density at radius 1 is 0.951 bits per heavy atom. The number of carbonyl (C=O) groups excluding carboxylic acids is 3. The lowest BCUT2D eigenvalue weighted by Gasteiger charge is -2.39. The zero-order chi connectivity index (χ0) is 29.1. The Kier molecular flexibility index (Phi) is 8.33. The molecule has 1 unspecified atom stereocenters. The van der Waals surface area contributed by atoms with Gasteiger partial charge in [0.15, 0.2) is 0 Å². The molecule has 3 aliphatic heterocycles. The standard InChI is InChI=1S/C32H40N4O5/c1-32(2)25-12-6-7-13-27(25)36(30(32)39)24-16-19-34(20-17-24)29(38)26(15-14-22-9-4-3-5-10-22)33-28(37)23-11-8-18-35(21-23)31(40)41/h3-7,9-10,12-13,23-24,26H,8,11,14-21H2,1-2H3,(H,33,37)(H,40,41)/t23?,26-/m0/s1. The monoisotopic (exact) mass is 560 g/mol. The maximum atomic E-state index is 13.8. The predicted octanol–water partition coefficient (Wildman–Crippen LogP) is 3.81. The van der Waals surface area contributed by atoms with Crippen LogP contribution in [0.5, 0.6) is 0 Å². The molecule has 4 amide bonds. The topological polar surface area (TPSA) is 110 Å². The first-order valence-corrected chi connectivity index (χ1v) is 14.7. The first-order chi connectivity index (χ1) is 19.7. The summed E-state index contributed by atoms with van der Waals surface area (Å²) < 4.78 is 0. The number of aryl methyl sites for hydroxylation is 1. The van der Waals surface area contributed by atoms with Crippen molar-refractivity contribution in [2.75, 3.05) is 31.1 Å². The van der Waals surface area contributed by atoms with Crippen LogP contribution in [-0.4, -0.2) is 77.0 Å². The lowest BCUT2D eigenvalue weighted by Crippen LogP contribution is -2.55. The van der Waals surface area contributed by atoms with E-state index < -0.39 is 23.5 Å². The number of likely N-dealkylation sites (tertiary alicyclic amines) is 2. The smallest absolute Gasteiger partial charge is 0.407 e. The van der Waals surface area contributed by atoms with E-state index in [1.807, 2.05) is 78.2 Å². The van der Waals surface area contributed by atoms with Gasteiger partial charge in [-0.3, -0.25) is 14.4 Å². The summed E-state index contributed by atoms with van der Waals surface area (Å²) in [5, 5.41) is 12.4. The largest absolute Gasteiger partial charge is 0.465 e. The Balaban J connectivity index is 1.26. The highest BCUT2D eigenvalue weighted by Crippen LogP contribution is 2.43. The van der Waals surface area contributed by atoms with Gasteiger partial charge in [0, 0.05) is 37.9 Å². The number of nitrogens with zero attached hydrogens (tertiary/aromatic N) is 3. The third-order valence-electron chi connectivity index (χ3n) is 8.97. The van der Waals surface area contributed by atoms with Crippen LogP contribution >= 0.6 is 0 Å². The van der Waals surface area contributed by atoms with Gasteiger partial charge in [-0.25, -0.2) is 4.79 Å². The van der Waals surface area contributed by atoms with Crippen molar-refractivity contribution >= 4 is 29.5 Å². The van der Waals surface area contributed by atoms with Crippen LogP contribution in [0.3, 0.4) is 0 Å². The Morgan fingerprint density at radius 2 is 1.63 bits per heavy atom. The van der Waals surface area contributed by atoms with Gasteiger partial charge in [0.05, 0.1) is 11.3 Å². The molecule has 9 heteroatoms. The molecule has 0 radical (unpaired) electrons. The third-order valence-corrected chi connectivity index (χ3v) is 8.97. The zero-order valence-corrected chi connectivity index (χ0v) is 23.9. The van der Waals surface area contributed by atoms with E-state index in [1.54, 1.807) is 0 Å². The highest BCUT2D eigenvalue weighted by Gasteiger charge is 2.47. The van der Waals surface area contributed by atoms with E-state index in [0.29, 0.717) is 58.2 Å². The molecule has 3 aliphatic rings. The van der Waals surface area contributed by atoms with Crippen LogP contribution in [0.1, 0.15) is 57.1 Å². The second-order valence-electron chi connectivity index (χ2n) is 12.0. The van der Waals surface area contributed by atoms with Crippen LogP contribution in [0.2, 0.25) is 0 Å². The van der Waals surface area contributed by atoms with Crippen LogP contribution in [0, 0.1) is 5.92 Å². The van der Waals surface area contributed by atoms with E-state index in [0.717, 1.165) is 16.8 Å². The number of hydrogen-bond donors (Lipinski definition) is 2. The summed E-state index contributed by atoms with van der Waals surface area (Å²) in [6, 6.07) is 17.1. The summed E-state index contributed by atoms with van der Waals surface area (Å²) >= 11 is 0. The molecule has 41 heavy (non-hydrogen) atoms. The van der Waals surface area contributed by atoms with Crippen molar-refractivity contribution in [1.82, 2.24) is 15.1 Å². The Morgan fingerprint density at radius 3 is 2.34 bits per heavy atom.